The lowest BCUT2D eigenvalue weighted by molar-refractivity contribution is 0.542. The second kappa shape index (κ2) is 5.15. The van der Waals surface area contributed by atoms with E-state index in [0.717, 1.165) is 11.4 Å². The van der Waals surface area contributed by atoms with E-state index < -0.39 is 9.84 Å². The number of nitrogens with zero attached hydrogens (tertiary/aromatic N) is 3. The summed E-state index contributed by atoms with van der Waals surface area (Å²) in [6, 6.07) is 0. The van der Waals surface area contributed by atoms with Crippen LogP contribution in [0.25, 0.3) is 0 Å². The molecule has 2 rings (SSSR count). The van der Waals surface area contributed by atoms with Crippen molar-refractivity contribution in [2.45, 2.75) is 33.1 Å². The van der Waals surface area contributed by atoms with Gasteiger partial charge in [0.05, 0.1) is 11.5 Å². The van der Waals surface area contributed by atoms with Gasteiger partial charge < -0.3 is 4.90 Å². The van der Waals surface area contributed by atoms with Crippen LogP contribution in [0.2, 0.25) is 5.15 Å². The summed E-state index contributed by atoms with van der Waals surface area (Å²) in [4.78, 5) is 10.9. The van der Waals surface area contributed by atoms with Gasteiger partial charge in [-0.15, -0.1) is 0 Å². The molecule has 0 atom stereocenters. The van der Waals surface area contributed by atoms with Crippen molar-refractivity contribution in [2.75, 3.05) is 29.5 Å². The van der Waals surface area contributed by atoms with E-state index >= 15 is 0 Å². The first-order valence-electron chi connectivity index (χ1n) is 6.60. The molecular formula is C13H20ClN3O2S. The van der Waals surface area contributed by atoms with Gasteiger partial charge in [-0.3, -0.25) is 0 Å². The molecule has 20 heavy (non-hydrogen) atoms. The van der Waals surface area contributed by atoms with Crippen molar-refractivity contribution in [3.63, 3.8) is 0 Å². The van der Waals surface area contributed by atoms with Crippen LogP contribution in [0.4, 0.5) is 5.82 Å². The maximum Gasteiger partial charge on any atom is 0.153 e. The average Bonchev–Trinajstić information content (AvgIpc) is 2.31. The minimum Gasteiger partial charge on any atom is -0.354 e. The van der Waals surface area contributed by atoms with Gasteiger partial charge in [0.1, 0.15) is 16.8 Å². The van der Waals surface area contributed by atoms with E-state index in [0.29, 0.717) is 24.1 Å². The second-order valence-corrected chi connectivity index (χ2v) is 8.84. The van der Waals surface area contributed by atoms with Gasteiger partial charge >= 0.3 is 0 Å². The standard InChI is InChI=1S/C13H20ClN3O2S/c1-9-10(14)15-12(13(2,3)4)16-11(9)17-5-7-20(18,19)8-6-17/h5-8H2,1-4H3. The zero-order chi connectivity index (χ0) is 15.1. The molecule has 7 heteroatoms. The van der Waals surface area contributed by atoms with E-state index in [1.165, 1.54) is 0 Å². The molecular weight excluding hydrogens is 298 g/mol. The minimum atomic E-state index is -2.90. The number of rotatable bonds is 1. The summed E-state index contributed by atoms with van der Waals surface area (Å²) >= 11 is 6.20. The largest absolute Gasteiger partial charge is 0.354 e. The fourth-order valence-corrected chi connectivity index (χ4v) is 3.41. The number of anilines is 1. The van der Waals surface area contributed by atoms with Crippen molar-refractivity contribution in [3.05, 3.63) is 16.5 Å². The lowest BCUT2D eigenvalue weighted by Crippen LogP contribution is -2.41. The molecule has 1 aromatic rings. The molecule has 0 unspecified atom stereocenters. The Morgan fingerprint density at radius 1 is 1.15 bits per heavy atom. The van der Waals surface area contributed by atoms with Crippen molar-refractivity contribution in [1.82, 2.24) is 9.97 Å². The fraction of sp³-hybridized carbons (Fsp3) is 0.692. The Hall–Kier alpha value is -0.880. The third kappa shape index (κ3) is 3.23. The SMILES string of the molecule is Cc1c(Cl)nc(C(C)(C)C)nc1N1CCS(=O)(=O)CC1. The monoisotopic (exact) mass is 317 g/mol. The van der Waals surface area contributed by atoms with Crippen molar-refractivity contribution in [3.8, 4) is 0 Å². The average molecular weight is 318 g/mol. The van der Waals surface area contributed by atoms with Crippen LogP contribution in [0.3, 0.4) is 0 Å². The summed E-state index contributed by atoms with van der Waals surface area (Å²) in [6.45, 7) is 8.86. The van der Waals surface area contributed by atoms with Gasteiger partial charge in [0.2, 0.25) is 0 Å². The van der Waals surface area contributed by atoms with Gasteiger partial charge in [-0.25, -0.2) is 18.4 Å². The Bertz CT molecular complexity index is 609. The summed E-state index contributed by atoms with van der Waals surface area (Å²) in [5, 5.41) is 0.438. The smallest absolute Gasteiger partial charge is 0.153 e. The van der Waals surface area contributed by atoms with Crippen molar-refractivity contribution >= 4 is 27.3 Å². The molecule has 1 saturated heterocycles. The highest BCUT2D eigenvalue weighted by atomic mass is 35.5. The van der Waals surface area contributed by atoms with Crippen LogP contribution in [-0.4, -0.2) is 43.0 Å². The first-order chi connectivity index (χ1) is 9.10. The zero-order valence-corrected chi connectivity index (χ0v) is 13.8. The predicted octanol–water partition coefficient (Wildman–Crippen LogP) is 1.97. The molecule has 0 bridgehead atoms. The Balaban J connectivity index is 2.39. The van der Waals surface area contributed by atoms with Gasteiger partial charge in [-0.1, -0.05) is 32.4 Å². The molecule has 0 spiro atoms. The van der Waals surface area contributed by atoms with Gasteiger partial charge in [0.15, 0.2) is 9.84 Å². The maximum atomic E-state index is 11.5. The Kier molecular flexibility index (Phi) is 3.99. The van der Waals surface area contributed by atoms with Crippen LogP contribution in [0, 0.1) is 6.92 Å². The van der Waals surface area contributed by atoms with Gasteiger partial charge in [0.25, 0.3) is 0 Å². The summed E-state index contributed by atoms with van der Waals surface area (Å²) < 4.78 is 23.0. The summed E-state index contributed by atoms with van der Waals surface area (Å²) in [7, 11) is -2.90. The van der Waals surface area contributed by atoms with Crippen molar-refractivity contribution < 1.29 is 8.42 Å². The van der Waals surface area contributed by atoms with Crippen molar-refractivity contribution in [1.29, 1.82) is 0 Å². The third-order valence-corrected chi connectivity index (χ3v) is 5.35. The van der Waals surface area contributed by atoms with Gasteiger partial charge in [-0.2, -0.15) is 0 Å². The van der Waals surface area contributed by atoms with Crippen LogP contribution in [-0.2, 0) is 15.3 Å². The highest BCUT2D eigenvalue weighted by Gasteiger charge is 2.27. The van der Waals surface area contributed by atoms with Gasteiger partial charge in [0, 0.05) is 24.1 Å². The topological polar surface area (TPSA) is 63.2 Å². The molecule has 1 aliphatic rings. The van der Waals surface area contributed by atoms with E-state index in [4.69, 9.17) is 11.6 Å². The van der Waals surface area contributed by atoms with Crippen LogP contribution in [0.1, 0.15) is 32.2 Å². The Morgan fingerprint density at radius 3 is 2.20 bits per heavy atom. The highest BCUT2D eigenvalue weighted by Crippen LogP contribution is 2.28. The molecule has 0 saturated carbocycles. The molecule has 112 valence electrons. The molecule has 2 heterocycles. The third-order valence-electron chi connectivity index (χ3n) is 3.38. The van der Waals surface area contributed by atoms with E-state index in [2.05, 4.69) is 9.97 Å². The second-order valence-electron chi connectivity index (χ2n) is 6.18. The molecule has 0 radical (unpaired) electrons. The molecule has 0 N–H and O–H groups in total. The number of sulfone groups is 1. The number of hydrogen-bond donors (Lipinski definition) is 0. The fourth-order valence-electron chi connectivity index (χ4n) is 2.05. The molecule has 1 fully saturated rings. The van der Waals surface area contributed by atoms with Gasteiger partial charge in [-0.05, 0) is 6.92 Å². The minimum absolute atomic E-state index is 0.166. The number of halogens is 1. The summed E-state index contributed by atoms with van der Waals surface area (Å²) in [5.41, 5.74) is 0.604. The first kappa shape index (κ1) is 15.5. The Labute approximate surface area is 125 Å². The molecule has 5 nitrogen and oxygen atoms in total. The molecule has 0 aliphatic carbocycles. The van der Waals surface area contributed by atoms with E-state index in [1.807, 2.05) is 32.6 Å². The number of hydrogen-bond acceptors (Lipinski definition) is 5. The lowest BCUT2D eigenvalue weighted by atomic mass is 9.95. The normalized spacial score (nSPS) is 19.1. The number of aromatic nitrogens is 2. The zero-order valence-electron chi connectivity index (χ0n) is 12.3. The van der Waals surface area contributed by atoms with Crippen LogP contribution in [0.5, 0.6) is 0 Å². The summed E-state index contributed by atoms with van der Waals surface area (Å²) in [6.07, 6.45) is 0. The molecule has 1 aromatic heterocycles. The van der Waals surface area contributed by atoms with E-state index in [9.17, 15) is 8.42 Å². The first-order valence-corrected chi connectivity index (χ1v) is 8.80. The quantitative estimate of drug-likeness (QED) is 0.741. The summed E-state index contributed by atoms with van der Waals surface area (Å²) in [5.74, 6) is 1.76. The van der Waals surface area contributed by atoms with Crippen LogP contribution in [0.15, 0.2) is 0 Å². The maximum absolute atomic E-state index is 11.5. The lowest BCUT2D eigenvalue weighted by Gasteiger charge is -2.30. The van der Waals surface area contributed by atoms with E-state index in [1.54, 1.807) is 0 Å². The molecule has 0 amide bonds. The van der Waals surface area contributed by atoms with E-state index in [-0.39, 0.29) is 16.9 Å². The Morgan fingerprint density at radius 2 is 1.70 bits per heavy atom. The van der Waals surface area contributed by atoms with Crippen LogP contribution < -0.4 is 4.90 Å². The molecule has 1 aliphatic heterocycles. The van der Waals surface area contributed by atoms with Crippen LogP contribution >= 0.6 is 11.6 Å². The molecule has 0 aromatic carbocycles. The van der Waals surface area contributed by atoms with Crippen molar-refractivity contribution in [2.24, 2.45) is 0 Å². The highest BCUT2D eigenvalue weighted by molar-refractivity contribution is 7.91. The predicted molar refractivity (Wildman–Crippen MR) is 81.3 cm³/mol.